The topological polar surface area (TPSA) is 69.6 Å². The van der Waals surface area contributed by atoms with Gasteiger partial charge in [0.15, 0.2) is 0 Å². The summed E-state index contributed by atoms with van der Waals surface area (Å²) in [6.07, 6.45) is 0. The lowest BCUT2D eigenvalue weighted by molar-refractivity contribution is -0.114. The Morgan fingerprint density at radius 1 is 1.36 bits per heavy atom. The summed E-state index contributed by atoms with van der Waals surface area (Å²) < 4.78 is 0.976. The molecular weight excluding hydrogens is 368 g/mol. The second-order valence-corrected chi connectivity index (χ2v) is 6.72. The lowest BCUT2D eigenvalue weighted by Gasteiger charge is -2.17. The molecule has 0 aliphatic heterocycles. The van der Waals surface area contributed by atoms with Gasteiger partial charge in [-0.15, -0.1) is 11.3 Å². The van der Waals surface area contributed by atoms with E-state index in [1.165, 1.54) is 24.0 Å². The Morgan fingerprint density at radius 2 is 2.09 bits per heavy atom. The molecule has 0 bridgehead atoms. The number of phenols is 1. The molecule has 116 valence electrons. The van der Waals surface area contributed by atoms with E-state index in [1.807, 2.05) is 11.4 Å². The van der Waals surface area contributed by atoms with E-state index in [2.05, 4.69) is 21.2 Å². The summed E-state index contributed by atoms with van der Waals surface area (Å²) in [6.45, 7) is 1.83. The number of anilines is 1. The number of thiophene rings is 1. The van der Waals surface area contributed by atoms with Crippen LogP contribution in [0.25, 0.3) is 0 Å². The van der Waals surface area contributed by atoms with E-state index in [0.29, 0.717) is 12.2 Å². The molecule has 0 fully saturated rings. The molecule has 5 nitrogen and oxygen atoms in total. The zero-order valence-corrected chi connectivity index (χ0v) is 14.5. The predicted octanol–water partition coefficient (Wildman–Crippen LogP) is 3.45. The van der Waals surface area contributed by atoms with Gasteiger partial charge in [0, 0.05) is 34.4 Å². The minimum atomic E-state index is -0.311. The van der Waals surface area contributed by atoms with Crippen molar-refractivity contribution in [2.75, 3.05) is 12.4 Å². The molecule has 1 heterocycles. The molecule has 2 N–H and O–H groups in total. The number of carbonyl (C=O) groups is 2. The largest absolute Gasteiger partial charge is 0.507 e. The first-order valence-electron chi connectivity index (χ1n) is 6.46. The average Bonchev–Trinajstić information content (AvgIpc) is 2.85. The van der Waals surface area contributed by atoms with E-state index in [-0.39, 0.29) is 23.1 Å². The van der Waals surface area contributed by atoms with E-state index >= 15 is 0 Å². The SMILES string of the molecule is CC(=O)Nc1ccc(O)c(C(=O)N(C)Cc2cc(Br)cs2)c1. The Hall–Kier alpha value is -1.86. The van der Waals surface area contributed by atoms with Crippen LogP contribution in [0, 0.1) is 0 Å². The Labute approximate surface area is 140 Å². The Kier molecular flexibility index (Phi) is 5.20. The molecular formula is C15H15BrN2O3S. The van der Waals surface area contributed by atoms with Gasteiger partial charge in [0.2, 0.25) is 5.91 Å². The number of nitrogens with zero attached hydrogens (tertiary/aromatic N) is 1. The summed E-state index contributed by atoms with van der Waals surface area (Å²) in [4.78, 5) is 26.1. The molecule has 0 saturated carbocycles. The lowest BCUT2D eigenvalue weighted by Crippen LogP contribution is -2.26. The van der Waals surface area contributed by atoms with Crippen molar-refractivity contribution in [2.24, 2.45) is 0 Å². The van der Waals surface area contributed by atoms with Crippen molar-refractivity contribution in [3.8, 4) is 5.75 Å². The molecule has 0 aliphatic carbocycles. The van der Waals surface area contributed by atoms with Crippen LogP contribution < -0.4 is 5.32 Å². The second kappa shape index (κ2) is 6.93. The van der Waals surface area contributed by atoms with Crippen LogP contribution in [-0.2, 0) is 11.3 Å². The number of phenolic OH excluding ortho intramolecular Hbond substituents is 1. The smallest absolute Gasteiger partial charge is 0.257 e. The van der Waals surface area contributed by atoms with Gasteiger partial charge in [0.1, 0.15) is 5.75 Å². The molecule has 1 aromatic heterocycles. The number of benzene rings is 1. The van der Waals surface area contributed by atoms with Gasteiger partial charge in [0.05, 0.1) is 12.1 Å². The third-order valence-corrected chi connectivity index (χ3v) is 4.59. The van der Waals surface area contributed by atoms with Gasteiger partial charge in [-0.1, -0.05) is 0 Å². The first kappa shape index (κ1) is 16.5. The van der Waals surface area contributed by atoms with Gasteiger partial charge in [-0.05, 0) is 40.2 Å². The Balaban J connectivity index is 2.18. The number of carbonyl (C=O) groups excluding carboxylic acids is 2. The Morgan fingerprint density at radius 3 is 2.68 bits per heavy atom. The van der Waals surface area contributed by atoms with Crippen molar-refractivity contribution in [3.63, 3.8) is 0 Å². The van der Waals surface area contributed by atoms with Crippen LogP contribution in [0.1, 0.15) is 22.2 Å². The second-order valence-electron chi connectivity index (χ2n) is 4.81. The van der Waals surface area contributed by atoms with Crippen molar-refractivity contribution in [1.82, 2.24) is 4.90 Å². The number of amides is 2. The summed E-state index contributed by atoms with van der Waals surface area (Å²) in [5, 5.41) is 14.4. The molecule has 0 unspecified atom stereocenters. The fourth-order valence-corrected chi connectivity index (χ4v) is 3.44. The highest BCUT2D eigenvalue weighted by molar-refractivity contribution is 9.10. The monoisotopic (exact) mass is 382 g/mol. The maximum atomic E-state index is 12.5. The van der Waals surface area contributed by atoms with Gasteiger partial charge in [0.25, 0.3) is 5.91 Å². The first-order valence-corrected chi connectivity index (χ1v) is 8.13. The van der Waals surface area contributed by atoms with Gasteiger partial charge in [-0.25, -0.2) is 0 Å². The third-order valence-electron chi connectivity index (χ3n) is 2.91. The fraction of sp³-hybridized carbons (Fsp3) is 0.200. The first-order chi connectivity index (χ1) is 10.4. The summed E-state index contributed by atoms with van der Waals surface area (Å²) in [7, 11) is 1.67. The number of aromatic hydroxyl groups is 1. The van der Waals surface area contributed by atoms with Gasteiger partial charge >= 0.3 is 0 Å². The van der Waals surface area contributed by atoms with E-state index in [0.717, 1.165) is 9.35 Å². The molecule has 0 radical (unpaired) electrons. The number of halogens is 1. The minimum absolute atomic E-state index is 0.113. The normalized spacial score (nSPS) is 10.3. The molecule has 0 atom stereocenters. The van der Waals surface area contributed by atoms with Gasteiger partial charge in [-0.2, -0.15) is 0 Å². The van der Waals surface area contributed by atoms with Crippen LogP contribution in [-0.4, -0.2) is 28.9 Å². The molecule has 0 spiro atoms. The van der Waals surface area contributed by atoms with Crippen LogP contribution in [0.15, 0.2) is 34.1 Å². The van der Waals surface area contributed by atoms with Crippen LogP contribution >= 0.6 is 27.3 Å². The van der Waals surface area contributed by atoms with Gasteiger partial charge in [-0.3, -0.25) is 9.59 Å². The van der Waals surface area contributed by atoms with E-state index in [4.69, 9.17) is 0 Å². The molecule has 2 rings (SSSR count). The highest BCUT2D eigenvalue weighted by atomic mass is 79.9. The van der Waals surface area contributed by atoms with Crippen LogP contribution in [0.4, 0.5) is 5.69 Å². The number of nitrogens with one attached hydrogen (secondary N) is 1. The molecule has 0 aliphatic rings. The number of hydrogen-bond donors (Lipinski definition) is 2. The molecule has 22 heavy (non-hydrogen) atoms. The van der Waals surface area contributed by atoms with Crippen molar-refractivity contribution in [2.45, 2.75) is 13.5 Å². The van der Waals surface area contributed by atoms with E-state index < -0.39 is 0 Å². The lowest BCUT2D eigenvalue weighted by atomic mass is 10.1. The maximum absolute atomic E-state index is 12.5. The zero-order chi connectivity index (χ0) is 16.3. The van der Waals surface area contributed by atoms with Gasteiger partial charge < -0.3 is 15.3 Å². The fourth-order valence-electron chi connectivity index (χ4n) is 1.94. The quantitative estimate of drug-likeness (QED) is 0.795. The van der Waals surface area contributed by atoms with E-state index in [9.17, 15) is 14.7 Å². The summed E-state index contributed by atoms with van der Waals surface area (Å²) in [5.41, 5.74) is 0.630. The van der Waals surface area contributed by atoms with Crippen molar-refractivity contribution in [1.29, 1.82) is 0 Å². The molecule has 1 aromatic carbocycles. The molecule has 2 aromatic rings. The van der Waals surface area contributed by atoms with Crippen LogP contribution in [0.2, 0.25) is 0 Å². The van der Waals surface area contributed by atoms with Crippen molar-refractivity contribution >= 4 is 44.8 Å². The van der Waals surface area contributed by atoms with Crippen molar-refractivity contribution < 1.29 is 14.7 Å². The highest BCUT2D eigenvalue weighted by Crippen LogP contribution is 2.25. The molecule has 7 heteroatoms. The number of hydrogen-bond acceptors (Lipinski definition) is 4. The molecule has 0 saturated heterocycles. The standard InChI is InChI=1S/C15H15BrN2O3S/c1-9(19)17-11-3-4-14(20)13(6-11)15(21)18(2)7-12-5-10(16)8-22-12/h3-6,8,20H,7H2,1-2H3,(H,17,19). The summed E-state index contributed by atoms with van der Waals surface area (Å²) >= 11 is 4.92. The average molecular weight is 383 g/mol. The maximum Gasteiger partial charge on any atom is 0.257 e. The third kappa shape index (κ3) is 4.08. The predicted molar refractivity (Wildman–Crippen MR) is 90.2 cm³/mol. The van der Waals surface area contributed by atoms with Crippen LogP contribution in [0.3, 0.4) is 0 Å². The zero-order valence-electron chi connectivity index (χ0n) is 12.1. The highest BCUT2D eigenvalue weighted by Gasteiger charge is 2.17. The summed E-state index contributed by atoms with van der Waals surface area (Å²) in [6, 6.07) is 6.36. The Bertz CT molecular complexity index is 715. The minimum Gasteiger partial charge on any atom is -0.507 e. The van der Waals surface area contributed by atoms with Crippen LogP contribution in [0.5, 0.6) is 5.75 Å². The van der Waals surface area contributed by atoms with Crippen molar-refractivity contribution in [3.05, 3.63) is 44.6 Å². The van der Waals surface area contributed by atoms with E-state index in [1.54, 1.807) is 24.5 Å². The summed E-state index contributed by atoms with van der Waals surface area (Å²) in [5.74, 6) is -0.659. The molecule has 2 amide bonds. The number of rotatable bonds is 4.